The van der Waals surface area contributed by atoms with Gasteiger partial charge in [0.15, 0.2) is 0 Å². The standard InChI is InChI=1S/C26H37BrFN5O4/c1-36-25(34)20-16-22(28)24(32-15-7-14-31-12-5-4-11-30-13-6-10-29)17-23(20)33-26(35)37-18-19-8-2-3-9-21(19)27/h2-3,8-9,16-17,30-32H,4-7,10-15,18,29H2,1H3,(H,33,35). The summed E-state index contributed by atoms with van der Waals surface area (Å²) in [6, 6.07) is 9.74. The van der Waals surface area contributed by atoms with E-state index in [1.807, 2.05) is 24.3 Å². The minimum atomic E-state index is -0.780. The van der Waals surface area contributed by atoms with Crippen molar-refractivity contribution in [3.63, 3.8) is 0 Å². The summed E-state index contributed by atoms with van der Waals surface area (Å²) >= 11 is 3.40. The van der Waals surface area contributed by atoms with Gasteiger partial charge in [-0.25, -0.2) is 14.0 Å². The molecule has 0 saturated carbocycles. The van der Waals surface area contributed by atoms with Crippen LogP contribution in [-0.2, 0) is 16.1 Å². The molecule has 0 aromatic heterocycles. The lowest BCUT2D eigenvalue weighted by Crippen LogP contribution is -2.22. The van der Waals surface area contributed by atoms with E-state index in [4.69, 9.17) is 15.2 Å². The average Bonchev–Trinajstić information content (AvgIpc) is 2.89. The molecule has 0 aliphatic rings. The Hall–Kier alpha value is -2.73. The molecule has 0 saturated heterocycles. The molecule has 204 valence electrons. The molecule has 37 heavy (non-hydrogen) atoms. The van der Waals surface area contributed by atoms with Crippen LogP contribution in [0.3, 0.4) is 0 Å². The molecule has 2 rings (SSSR count). The summed E-state index contributed by atoms with van der Waals surface area (Å²) in [6.45, 7) is 4.87. The third kappa shape index (κ3) is 11.5. The number of anilines is 2. The number of benzene rings is 2. The summed E-state index contributed by atoms with van der Waals surface area (Å²) < 4.78 is 25.5. The van der Waals surface area contributed by atoms with Crippen LogP contribution in [0.5, 0.6) is 0 Å². The Balaban J connectivity index is 1.82. The second kappa shape index (κ2) is 17.7. The van der Waals surface area contributed by atoms with Gasteiger partial charge < -0.3 is 31.2 Å². The monoisotopic (exact) mass is 581 g/mol. The smallest absolute Gasteiger partial charge is 0.411 e. The Kier molecular flexibility index (Phi) is 14.6. The molecule has 0 aliphatic carbocycles. The first-order chi connectivity index (χ1) is 18.0. The van der Waals surface area contributed by atoms with Crippen LogP contribution in [0.15, 0.2) is 40.9 Å². The molecule has 11 heteroatoms. The van der Waals surface area contributed by atoms with Crippen LogP contribution in [0.25, 0.3) is 0 Å². The van der Waals surface area contributed by atoms with Crippen LogP contribution in [0.4, 0.5) is 20.6 Å². The summed E-state index contributed by atoms with van der Waals surface area (Å²) in [5.74, 6) is -1.40. The fraction of sp³-hybridized carbons (Fsp3) is 0.462. The van der Waals surface area contributed by atoms with Crippen molar-refractivity contribution in [2.24, 2.45) is 5.73 Å². The largest absolute Gasteiger partial charge is 0.465 e. The highest BCUT2D eigenvalue weighted by Crippen LogP contribution is 2.26. The molecule has 0 bridgehead atoms. The molecule has 9 nitrogen and oxygen atoms in total. The van der Waals surface area contributed by atoms with Gasteiger partial charge in [0.05, 0.1) is 24.0 Å². The minimum Gasteiger partial charge on any atom is -0.465 e. The number of halogens is 2. The molecule has 0 radical (unpaired) electrons. The van der Waals surface area contributed by atoms with Crippen molar-refractivity contribution >= 4 is 39.4 Å². The lowest BCUT2D eigenvalue weighted by Gasteiger charge is -2.15. The average molecular weight is 583 g/mol. The zero-order chi connectivity index (χ0) is 26.9. The molecular weight excluding hydrogens is 545 g/mol. The number of ether oxygens (including phenoxy) is 2. The molecule has 0 atom stereocenters. The number of rotatable bonds is 17. The van der Waals surface area contributed by atoms with Crippen LogP contribution in [0.2, 0.25) is 0 Å². The molecule has 0 aliphatic heterocycles. The Morgan fingerprint density at radius 3 is 2.30 bits per heavy atom. The van der Waals surface area contributed by atoms with Gasteiger partial charge in [-0.05, 0) is 76.6 Å². The Bertz CT molecular complexity index is 995. The maximum atomic E-state index is 14.7. The lowest BCUT2D eigenvalue weighted by atomic mass is 10.1. The fourth-order valence-electron chi connectivity index (χ4n) is 3.41. The number of nitrogens with one attached hydrogen (secondary N) is 4. The Morgan fingerprint density at radius 1 is 0.946 bits per heavy atom. The van der Waals surface area contributed by atoms with Crippen LogP contribution in [0.1, 0.15) is 41.6 Å². The fourth-order valence-corrected chi connectivity index (χ4v) is 3.81. The van der Waals surface area contributed by atoms with E-state index in [1.165, 1.54) is 13.2 Å². The summed E-state index contributed by atoms with van der Waals surface area (Å²) in [7, 11) is 1.19. The van der Waals surface area contributed by atoms with E-state index in [0.717, 1.165) is 68.0 Å². The highest BCUT2D eigenvalue weighted by atomic mass is 79.9. The summed E-state index contributed by atoms with van der Waals surface area (Å²) in [4.78, 5) is 24.5. The number of nitrogens with two attached hydrogens (primary N) is 1. The predicted molar refractivity (Wildman–Crippen MR) is 147 cm³/mol. The van der Waals surface area contributed by atoms with E-state index in [-0.39, 0.29) is 23.5 Å². The highest BCUT2D eigenvalue weighted by Gasteiger charge is 2.19. The second-order valence-electron chi connectivity index (χ2n) is 8.29. The first-order valence-electron chi connectivity index (χ1n) is 12.4. The quantitative estimate of drug-likeness (QED) is 0.139. The van der Waals surface area contributed by atoms with Crippen LogP contribution < -0.4 is 27.0 Å². The van der Waals surface area contributed by atoms with Gasteiger partial charge in [0.25, 0.3) is 0 Å². The maximum Gasteiger partial charge on any atom is 0.411 e. The van der Waals surface area contributed by atoms with E-state index in [0.29, 0.717) is 13.1 Å². The zero-order valence-electron chi connectivity index (χ0n) is 21.2. The number of esters is 1. The van der Waals surface area contributed by atoms with Gasteiger partial charge in [-0.3, -0.25) is 5.32 Å². The molecule has 2 aromatic rings. The molecule has 6 N–H and O–H groups in total. The second-order valence-corrected chi connectivity index (χ2v) is 9.15. The summed E-state index contributed by atoms with van der Waals surface area (Å²) in [5, 5.41) is 12.3. The van der Waals surface area contributed by atoms with Crippen molar-refractivity contribution in [2.45, 2.75) is 32.3 Å². The molecular formula is C26H37BrFN5O4. The van der Waals surface area contributed by atoms with Gasteiger partial charge >= 0.3 is 12.1 Å². The molecule has 2 aromatic carbocycles. The van der Waals surface area contributed by atoms with Crippen molar-refractivity contribution in [1.29, 1.82) is 0 Å². The molecule has 0 unspecified atom stereocenters. The summed E-state index contributed by atoms with van der Waals surface area (Å²) in [5.41, 5.74) is 6.38. The third-order valence-electron chi connectivity index (χ3n) is 5.43. The van der Waals surface area contributed by atoms with Crippen molar-refractivity contribution in [2.75, 3.05) is 57.0 Å². The maximum absolute atomic E-state index is 14.7. The Morgan fingerprint density at radius 2 is 1.62 bits per heavy atom. The van der Waals surface area contributed by atoms with Gasteiger partial charge in [-0.15, -0.1) is 0 Å². The van der Waals surface area contributed by atoms with Gasteiger partial charge in [0.1, 0.15) is 12.4 Å². The number of methoxy groups -OCH3 is 1. The number of carbonyl (C=O) groups is 2. The van der Waals surface area contributed by atoms with Gasteiger partial charge in [0.2, 0.25) is 0 Å². The van der Waals surface area contributed by atoms with Crippen LogP contribution in [-0.4, -0.2) is 58.4 Å². The molecule has 0 spiro atoms. The number of carbonyl (C=O) groups excluding carboxylic acids is 2. The first kappa shape index (κ1) is 30.5. The van der Waals surface area contributed by atoms with Crippen molar-refractivity contribution < 1.29 is 23.5 Å². The molecule has 1 amide bonds. The van der Waals surface area contributed by atoms with E-state index in [1.54, 1.807) is 0 Å². The lowest BCUT2D eigenvalue weighted by molar-refractivity contribution is 0.0601. The number of hydrogen-bond donors (Lipinski definition) is 5. The van der Waals surface area contributed by atoms with Crippen molar-refractivity contribution in [3.8, 4) is 0 Å². The third-order valence-corrected chi connectivity index (χ3v) is 6.20. The van der Waals surface area contributed by atoms with Crippen molar-refractivity contribution in [1.82, 2.24) is 10.6 Å². The van der Waals surface area contributed by atoms with E-state index in [2.05, 4.69) is 37.2 Å². The van der Waals surface area contributed by atoms with Gasteiger partial charge in [0, 0.05) is 16.6 Å². The SMILES string of the molecule is COC(=O)c1cc(F)c(NCCCNCCCCNCCCN)cc1NC(=O)OCc1ccccc1Br. The number of unbranched alkanes of at least 4 members (excludes halogenated alkanes) is 1. The highest BCUT2D eigenvalue weighted by molar-refractivity contribution is 9.10. The number of hydrogen-bond acceptors (Lipinski definition) is 8. The zero-order valence-corrected chi connectivity index (χ0v) is 22.8. The Labute approximate surface area is 226 Å². The topological polar surface area (TPSA) is 127 Å². The summed E-state index contributed by atoms with van der Waals surface area (Å²) in [6.07, 6.45) is 3.14. The first-order valence-corrected chi connectivity index (χ1v) is 13.2. The van der Waals surface area contributed by atoms with Gasteiger partial charge in [-0.1, -0.05) is 34.1 Å². The molecule has 0 heterocycles. The van der Waals surface area contributed by atoms with Crippen LogP contribution >= 0.6 is 15.9 Å². The van der Waals surface area contributed by atoms with E-state index < -0.39 is 17.9 Å². The minimum absolute atomic E-state index is 0.0188. The van der Waals surface area contributed by atoms with Crippen LogP contribution in [0, 0.1) is 5.82 Å². The predicted octanol–water partition coefficient (Wildman–Crippen LogP) is 4.23. The van der Waals surface area contributed by atoms with E-state index in [9.17, 15) is 14.0 Å². The van der Waals surface area contributed by atoms with Gasteiger partial charge in [-0.2, -0.15) is 0 Å². The van der Waals surface area contributed by atoms with Crippen molar-refractivity contribution in [3.05, 3.63) is 57.8 Å². The normalized spacial score (nSPS) is 10.7. The number of amides is 1. The molecule has 0 fully saturated rings. The van der Waals surface area contributed by atoms with E-state index >= 15 is 0 Å².